The number of hydrogen-bond donors (Lipinski definition) is 1. The average molecular weight is 363 g/mol. The van der Waals surface area contributed by atoms with E-state index < -0.39 is 0 Å². The van der Waals surface area contributed by atoms with E-state index in [9.17, 15) is 4.79 Å². The number of methoxy groups -OCH3 is 1. The fourth-order valence-corrected chi connectivity index (χ4v) is 2.45. The van der Waals surface area contributed by atoms with Gasteiger partial charge in [0.25, 0.3) is 5.91 Å². The molecular weight excluding hydrogens is 342 g/mol. The number of hydrogen-bond acceptors (Lipinski definition) is 5. The molecule has 1 aromatic heterocycles. The highest BCUT2D eigenvalue weighted by atomic mass is 16.5. The Labute approximate surface area is 158 Å². The van der Waals surface area contributed by atoms with Crippen LogP contribution in [0.25, 0.3) is 11.1 Å². The number of ether oxygens (including phenoxy) is 2. The van der Waals surface area contributed by atoms with Gasteiger partial charge in [-0.3, -0.25) is 4.79 Å². The molecule has 0 spiro atoms. The fraction of sp³-hybridized carbons (Fsp3) is 0.190. The smallest absolute Gasteiger partial charge is 0.321 e. The van der Waals surface area contributed by atoms with Gasteiger partial charge in [0.2, 0.25) is 0 Å². The SMILES string of the molecule is CCCNC(=O)c1cccc(-c2cnc(Oc3ccc(OC)cc3)nc2)c1. The second-order valence-electron chi connectivity index (χ2n) is 5.87. The molecule has 3 rings (SSSR count). The van der Waals surface area contributed by atoms with Crippen LogP contribution in [-0.4, -0.2) is 29.5 Å². The molecule has 0 aliphatic carbocycles. The molecule has 3 aromatic rings. The molecule has 0 atom stereocenters. The van der Waals surface area contributed by atoms with E-state index in [1.165, 1.54) is 0 Å². The maximum Gasteiger partial charge on any atom is 0.321 e. The Hall–Kier alpha value is -3.41. The first-order valence-electron chi connectivity index (χ1n) is 8.72. The topological polar surface area (TPSA) is 73.3 Å². The van der Waals surface area contributed by atoms with E-state index in [1.54, 1.807) is 49.8 Å². The molecule has 0 radical (unpaired) electrons. The van der Waals surface area contributed by atoms with Crippen molar-refractivity contribution in [2.45, 2.75) is 13.3 Å². The van der Waals surface area contributed by atoms with Gasteiger partial charge in [-0.2, -0.15) is 0 Å². The number of carbonyl (C=O) groups excluding carboxylic acids is 1. The Bertz CT molecular complexity index is 893. The van der Waals surface area contributed by atoms with Crippen molar-refractivity contribution in [2.24, 2.45) is 0 Å². The zero-order valence-corrected chi connectivity index (χ0v) is 15.3. The number of aromatic nitrogens is 2. The van der Waals surface area contributed by atoms with Gasteiger partial charge in [-0.1, -0.05) is 19.1 Å². The molecule has 0 aliphatic rings. The summed E-state index contributed by atoms with van der Waals surface area (Å²) in [6.07, 6.45) is 4.25. The van der Waals surface area contributed by atoms with Crippen LogP contribution in [0.3, 0.4) is 0 Å². The van der Waals surface area contributed by atoms with Crippen molar-refractivity contribution in [1.29, 1.82) is 0 Å². The van der Waals surface area contributed by atoms with Crippen LogP contribution in [0.4, 0.5) is 0 Å². The van der Waals surface area contributed by atoms with Crippen molar-refractivity contribution in [3.8, 4) is 28.6 Å². The molecule has 1 N–H and O–H groups in total. The Morgan fingerprint density at radius 2 is 1.70 bits per heavy atom. The highest BCUT2D eigenvalue weighted by Gasteiger charge is 2.08. The first kappa shape index (κ1) is 18.4. The third-order valence-corrected chi connectivity index (χ3v) is 3.89. The molecule has 0 fully saturated rings. The van der Waals surface area contributed by atoms with Gasteiger partial charge < -0.3 is 14.8 Å². The average Bonchev–Trinajstić information content (AvgIpc) is 2.73. The van der Waals surface area contributed by atoms with E-state index >= 15 is 0 Å². The van der Waals surface area contributed by atoms with E-state index in [4.69, 9.17) is 9.47 Å². The second kappa shape index (κ2) is 8.80. The van der Waals surface area contributed by atoms with Crippen molar-refractivity contribution in [2.75, 3.05) is 13.7 Å². The minimum absolute atomic E-state index is 0.0842. The molecule has 0 saturated heterocycles. The Morgan fingerprint density at radius 1 is 1.00 bits per heavy atom. The molecule has 6 nitrogen and oxygen atoms in total. The van der Waals surface area contributed by atoms with Crippen molar-refractivity contribution < 1.29 is 14.3 Å². The largest absolute Gasteiger partial charge is 0.497 e. The molecule has 6 heteroatoms. The molecular formula is C21H21N3O3. The van der Waals surface area contributed by atoms with Crippen LogP contribution in [0.15, 0.2) is 60.9 Å². The number of nitrogens with one attached hydrogen (secondary N) is 1. The summed E-state index contributed by atoms with van der Waals surface area (Å²) >= 11 is 0. The van der Waals surface area contributed by atoms with E-state index in [1.807, 2.05) is 25.1 Å². The van der Waals surface area contributed by atoms with Gasteiger partial charge in [-0.15, -0.1) is 0 Å². The standard InChI is InChI=1S/C21H21N3O3/c1-3-11-22-20(25)16-6-4-5-15(12-16)17-13-23-21(24-14-17)27-19-9-7-18(26-2)8-10-19/h4-10,12-14H,3,11H2,1-2H3,(H,22,25). The summed E-state index contributed by atoms with van der Waals surface area (Å²) in [5.74, 6) is 1.29. The van der Waals surface area contributed by atoms with E-state index in [0.717, 1.165) is 23.3 Å². The van der Waals surface area contributed by atoms with Crippen LogP contribution in [0.2, 0.25) is 0 Å². The first-order chi connectivity index (χ1) is 13.2. The Balaban J connectivity index is 1.72. The summed E-state index contributed by atoms with van der Waals surface area (Å²) in [6.45, 7) is 2.67. The number of carbonyl (C=O) groups is 1. The van der Waals surface area contributed by atoms with Gasteiger partial charge >= 0.3 is 6.01 Å². The minimum Gasteiger partial charge on any atom is -0.497 e. The van der Waals surface area contributed by atoms with E-state index in [0.29, 0.717) is 17.9 Å². The highest BCUT2D eigenvalue weighted by molar-refractivity contribution is 5.95. The third-order valence-electron chi connectivity index (χ3n) is 3.89. The van der Waals surface area contributed by atoms with Crippen LogP contribution in [-0.2, 0) is 0 Å². The molecule has 1 heterocycles. The van der Waals surface area contributed by atoms with E-state index in [2.05, 4.69) is 15.3 Å². The predicted molar refractivity (Wildman–Crippen MR) is 103 cm³/mol. The zero-order valence-electron chi connectivity index (χ0n) is 15.3. The zero-order chi connectivity index (χ0) is 19.1. The molecule has 0 aliphatic heterocycles. The van der Waals surface area contributed by atoms with Gasteiger partial charge in [-0.05, 0) is 48.4 Å². The molecule has 2 aromatic carbocycles. The molecule has 0 unspecified atom stereocenters. The second-order valence-corrected chi connectivity index (χ2v) is 5.87. The van der Waals surface area contributed by atoms with Crippen LogP contribution >= 0.6 is 0 Å². The summed E-state index contributed by atoms with van der Waals surface area (Å²) < 4.78 is 10.7. The third kappa shape index (κ3) is 4.82. The fourth-order valence-electron chi connectivity index (χ4n) is 2.45. The number of nitrogens with zero attached hydrogens (tertiary/aromatic N) is 2. The van der Waals surface area contributed by atoms with Crippen LogP contribution in [0.5, 0.6) is 17.5 Å². The highest BCUT2D eigenvalue weighted by Crippen LogP contribution is 2.23. The lowest BCUT2D eigenvalue weighted by molar-refractivity contribution is 0.0953. The molecule has 138 valence electrons. The predicted octanol–water partition coefficient (Wildman–Crippen LogP) is 4.08. The Kier molecular flexibility index (Phi) is 5.99. The van der Waals surface area contributed by atoms with Crippen LogP contribution in [0, 0.1) is 0 Å². The summed E-state index contributed by atoms with van der Waals surface area (Å²) in [6, 6.07) is 14.8. The maximum absolute atomic E-state index is 12.1. The molecule has 27 heavy (non-hydrogen) atoms. The minimum atomic E-state index is -0.0842. The normalized spacial score (nSPS) is 10.3. The van der Waals surface area contributed by atoms with Crippen molar-refractivity contribution >= 4 is 5.91 Å². The van der Waals surface area contributed by atoms with Crippen LogP contribution < -0.4 is 14.8 Å². The Morgan fingerprint density at radius 3 is 2.37 bits per heavy atom. The van der Waals surface area contributed by atoms with Crippen LogP contribution in [0.1, 0.15) is 23.7 Å². The summed E-state index contributed by atoms with van der Waals surface area (Å²) in [5, 5.41) is 2.87. The van der Waals surface area contributed by atoms with Gasteiger partial charge in [0.05, 0.1) is 7.11 Å². The van der Waals surface area contributed by atoms with Gasteiger partial charge in [0, 0.05) is 30.1 Å². The lowest BCUT2D eigenvalue weighted by Crippen LogP contribution is -2.23. The van der Waals surface area contributed by atoms with Crippen molar-refractivity contribution in [3.63, 3.8) is 0 Å². The molecule has 0 bridgehead atoms. The van der Waals surface area contributed by atoms with Crippen molar-refractivity contribution in [3.05, 3.63) is 66.5 Å². The van der Waals surface area contributed by atoms with Gasteiger partial charge in [0.1, 0.15) is 11.5 Å². The maximum atomic E-state index is 12.1. The molecule has 1 amide bonds. The lowest BCUT2D eigenvalue weighted by Gasteiger charge is -2.07. The van der Waals surface area contributed by atoms with Gasteiger partial charge in [-0.25, -0.2) is 9.97 Å². The number of benzene rings is 2. The number of amides is 1. The van der Waals surface area contributed by atoms with E-state index in [-0.39, 0.29) is 11.9 Å². The summed E-state index contributed by atoms with van der Waals surface area (Å²) in [7, 11) is 1.61. The first-order valence-corrected chi connectivity index (χ1v) is 8.72. The molecule has 0 saturated carbocycles. The monoisotopic (exact) mass is 363 g/mol. The number of rotatable bonds is 7. The summed E-state index contributed by atoms with van der Waals surface area (Å²) in [4.78, 5) is 20.6. The summed E-state index contributed by atoms with van der Waals surface area (Å²) in [5.41, 5.74) is 2.29. The van der Waals surface area contributed by atoms with Gasteiger partial charge in [0.15, 0.2) is 0 Å². The lowest BCUT2D eigenvalue weighted by atomic mass is 10.1. The van der Waals surface area contributed by atoms with Crippen molar-refractivity contribution in [1.82, 2.24) is 15.3 Å². The quantitative estimate of drug-likeness (QED) is 0.684.